The van der Waals surface area contributed by atoms with Crippen LogP contribution in [0.4, 0.5) is 0 Å². The first kappa shape index (κ1) is 17.7. The van der Waals surface area contributed by atoms with Gasteiger partial charge >= 0.3 is 5.97 Å². The summed E-state index contributed by atoms with van der Waals surface area (Å²) in [6.45, 7) is 0. The monoisotopic (exact) mass is 359 g/mol. The van der Waals surface area contributed by atoms with Crippen molar-refractivity contribution in [2.75, 3.05) is 5.75 Å². The number of hydrogen-bond donors (Lipinski definition) is 2. The van der Waals surface area contributed by atoms with Gasteiger partial charge in [0.15, 0.2) is 9.84 Å². The van der Waals surface area contributed by atoms with Crippen molar-refractivity contribution in [1.82, 2.24) is 5.32 Å². The lowest BCUT2D eigenvalue weighted by Gasteiger charge is -2.26. The minimum Gasteiger partial charge on any atom is -0.481 e. The van der Waals surface area contributed by atoms with Crippen molar-refractivity contribution >= 4 is 33.3 Å². The van der Waals surface area contributed by atoms with Crippen LogP contribution >= 0.6 is 11.6 Å². The number of aliphatic carboxylic acids is 1. The van der Waals surface area contributed by atoms with Crippen LogP contribution in [0.25, 0.3) is 0 Å². The van der Waals surface area contributed by atoms with Crippen LogP contribution in [0.1, 0.15) is 25.7 Å². The van der Waals surface area contributed by atoms with Crippen molar-refractivity contribution in [3.8, 4) is 0 Å². The van der Waals surface area contributed by atoms with Gasteiger partial charge in [-0.1, -0.05) is 11.6 Å². The smallest absolute Gasteiger partial charge is 0.306 e. The molecule has 0 saturated heterocycles. The Hall–Kier alpha value is -1.60. The third-order valence-corrected chi connectivity index (χ3v) is 5.82. The number of sulfone groups is 1. The predicted molar refractivity (Wildman–Crippen MR) is 85.0 cm³/mol. The van der Waals surface area contributed by atoms with E-state index in [0.29, 0.717) is 30.7 Å². The lowest BCUT2D eigenvalue weighted by atomic mass is 9.86. The number of nitrogens with one attached hydrogen (secondary N) is 1. The summed E-state index contributed by atoms with van der Waals surface area (Å²) < 4.78 is 24.3. The Balaban J connectivity index is 1.90. The maximum Gasteiger partial charge on any atom is 0.306 e. The number of carboxylic acids is 1. The fourth-order valence-electron chi connectivity index (χ4n) is 2.65. The number of amides is 1. The molecule has 8 heteroatoms. The summed E-state index contributed by atoms with van der Waals surface area (Å²) in [5.41, 5.74) is 0. The van der Waals surface area contributed by atoms with Gasteiger partial charge in [-0.25, -0.2) is 8.42 Å². The first-order valence-electron chi connectivity index (χ1n) is 7.28. The molecule has 23 heavy (non-hydrogen) atoms. The molecule has 0 heterocycles. The molecule has 0 unspecified atom stereocenters. The SMILES string of the molecule is O=C(CS(=O)(=O)c1ccc(Cl)cc1)NC1CCC(C(=O)O)CC1. The van der Waals surface area contributed by atoms with E-state index >= 15 is 0 Å². The zero-order chi connectivity index (χ0) is 17.0. The second kappa shape index (κ2) is 7.31. The Kier molecular flexibility index (Phi) is 5.64. The number of benzene rings is 1. The molecule has 0 aromatic heterocycles. The number of carbonyl (C=O) groups excluding carboxylic acids is 1. The van der Waals surface area contributed by atoms with E-state index in [1.54, 1.807) is 0 Å². The number of carbonyl (C=O) groups is 2. The maximum absolute atomic E-state index is 12.2. The Bertz CT molecular complexity index is 678. The minimum atomic E-state index is -3.72. The van der Waals surface area contributed by atoms with Crippen LogP contribution in [0.3, 0.4) is 0 Å². The molecular formula is C15H18ClNO5S. The second-order valence-corrected chi connectivity index (χ2v) is 8.09. The fraction of sp³-hybridized carbons (Fsp3) is 0.467. The summed E-state index contributed by atoms with van der Waals surface area (Å²) in [5.74, 6) is -2.40. The average Bonchev–Trinajstić information content (AvgIpc) is 2.47. The highest BCUT2D eigenvalue weighted by Gasteiger charge is 2.28. The third kappa shape index (κ3) is 4.94. The molecule has 0 radical (unpaired) electrons. The summed E-state index contributed by atoms with van der Waals surface area (Å²) >= 11 is 5.71. The van der Waals surface area contributed by atoms with Gasteiger partial charge in [-0.2, -0.15) is 0 Å². The van der Waals surface area contributed by atoms with E-state index < -0.39 is 27.5 Å². The van der Waals surface area contributed by atoms with Gasteiger partial charge in [0.25, 0.3) is 0 Å². The lowest BCUT2D eigenvalue weighted by Crippen LogP contribution is -2.41. The summed E-state index contributed by atoms with van der Waals surface area (Å²) in [7, 11) is -3.72. The van der Waals surface area contributed by atoms with E-state index in [1.165, 1.54) is 24.3 Å². The van der Waals surface area contributed by atoms with Crippen molar-refractivity contribution in [2.24, 2.45) is 5.92 Å². The van der Waals surface area contributed by atoms with Gasteiger partial charge in [-0.15, -0.1) is 0 Å². The molecule has 1 amide bonds. The van der Waals surface area contributed by atoms with Crippen LogP contribution in [-0.2, 0) is 19.4 Å². The maximum atomic E-state index is 12.2. The third-order valence-electron chi connectivity index (χ3n) is 3.94. The molecule has 1 aliphatic rings. The van der Waals surface area contributed by atoms with E-state index in [0.717, 1.165) is 0 Å². The fourth-order valence-corrected chi connectivity index (χ4v) is 3.92. The lowest BCUT2D eigenvalue weighted by molar-refractivity contribution is -0.142. The molecule has 1 saturated carbocycles. The Labute approximate surface area is 139 Å². The molecule has 2 N–H and O–H groups in total. The highest BCUT2D eigenvalue weighted by Crippen LogP contribution is 2.24. The number of halogens is 1. The quantitative estimate of drug-likeness (QED) is 0.835. The normalized spacial score (nSPS) is 21.6. The molecule has 1 fully saturated rings. The van der Waals surface area contributed by atoms with Crippen LogP contribution < -0.4 is 5.32 Å². The van der Waals surface area contributed by atoms with E-state index in [4.69, 9.17) is 16.7 Å². The van der Waals surface area contributed by atoms with Gasteiger partial charge in [0.1, 0.15) is 5.75 Å². The molecule has 0 bridgehead atoms. The zero-order valence-corrected chi connectivity index (χ0v) is 13.9. The predicted octanol–water partition coefficient (Wildman–Crippen LogP) is 1.87. The van der Waals surface area contributed by atoms with Gasteiger partial charge in [0.05, 0.1) is 10.8 Å². The molecule has 0 spiro atoms. The number of carboxylic acid groups (broad SMARTS) is 1. The summed E-state index contributed by atoms with van der Waals surface area (Å²) in [6, 6.07) is 5.48. The summed E-state index contributed by atoms with van der Waals surface area (Å²) in [6.07, 6.45) is 2.07. The summed E-state index contributed by atoms with van der Waals surface area (Å²) in [4.78, 5) is 22.9. The second-order valence-electron chi connectivity index (χ2n) is 5.67. The van der Waals surface area contributed by atoms with E-state index in [1.807, 2.05) is 0 Å². The van der Waals surface area contributed by atoms with Crippen molar-refractivity contribution < 1.29 is 23.1 Å². The minimum absolute atomic E-state index is 0.0478. The van der Waals surface area contributed by atoms with Crippen molar-refractivity contribution in [3.63, 3.8) is 0 Å². The molecule has 1 aromatic carbocycles. The first-order chi connectivity index (χ1) is 10.8. The molecule has 6 nitrogen and oxygen atoms in total. The molecule has 0 aliphatic heterocycles. The first-order valence-corrected chi connectivity index (χ1v) is 9.31. The van der Waals surface area contributed by atoms with Gasteiger partial charge in [-0.3, -0.25) is 9.59 Å². The molecule has 1 aliphatic carbocycles. The van der Waals surface area contributed by atoms with Gasteiger partial charge < -0.3 is 10.4 Å². The molecule has 126 valence electrons. The Morgan fingerprint density at radius 2 is 1.70 bits per heavy atom. The van der Waals surface area contributed by atoms with Crippen LogP contribution in [-0.4, -0.2) is 37.2 Å². The molecule has 0 atom stereocenters. The van der Waals surface area contributed by atoms with Crippen molar-refractivity contribution in [1.29, 1.82) is 0 Å². The molecular weight excluding hydrogens is 342 g/mol. The van der Waals surface area contributed by atoms with Gasteiger partial charge in [0.2, 0.25) is 5.91 Å². The van der Waals surface area contributed by atoms with Gasteiger partial charge in [0, 0.05) is 11.1 Å². The zero-order valence-electron chi connectivity index (χ0n) is 12.4. The van der Waals surface area contributed by atoms with Crippen molar-refractivity contribution in [2.45, 2.75) is 36.6 Å². The standard InChI is InChI=1S/C15H18ClNO5S/c16-11-3-7-13(8-4-11)23(21,22)9-14(18)17-12-5-1-10(2-6-12)15(19)20/h3-4,7-8,10,12H,1-2,5-6,9H2,(H,17,18)(H,19,20). The van der Waals surface area contributed by atoms with E-state index in [9.17, 15) is 18.0 Å². The Morgan fingerprint density at radius 1 is 1.13 bits per heavy atom. The van der Waals surface area contributed by atoms with Gasteiger partial charge in [-0.05, 0) is 49.9 Å². The molecule has 1 aromatic rings. The topological polar surface area (TPSA) is 101 Å². The largest absolute Gasteiger partial charge is 0.481 e. The van der Waals surface area contributed by atoms with E-state index in [-0.39, 0.29) is 16.9 Å². The van der Waals surface area contributed by atoms with E-state index in [2.05, 4.69) is 5.32 Å². The van der Waals surface area contributed by atoms with Crippen LogP contribution in [0.5, 0.6) is 0 Å². The highest BCUT2D eigenvalue weighted by atomic mass is 35.5. The average molecular weight is 360 g/mol. The van der Waals surface area contributed by atoms with Crippen LogP contribution in [0.2, 0.25) is 5.02 Å². The Morgan fingerprint density at radius 3 is 2.22 bits per heavy atom. The highest BCUT2D eigenvalue weighted by molar-refractivity contribution is 7.92. The van der Waals surface area contributed by atoms with Crippen LogP contribution in [0, 0.1) is 5.92 Å². The van der Waals surface area contributed by atoms with Crippen LogP contribution in [0.15, 0.2) is 29.2 Å². The summed E-state index contributed by atoms with van der Waals surface area (Å²) in [5, 5.41) is 12.0. The van der Waals surface area contributed by atoms with Crippen molar-refractivity contribution in [3.05, 3.63) is 29.3 Å². The molecule has 2 rings (SSSR count). The number of rotatable bonds is 5. The number of hydrogen-bond acceptors (Lipinski definition) is 4.